The SMILES string of the molecule is CC(C)(C)OC(=O)n1ncc2c(Br)cncc21. The highest BCUT2D eigenvalue weighted by molar-refractivity contribution is 9.10. The molecule has 0 saturated heterocycles. The van der Waals surface area contributed by atoms with Crippen molar-refractivity contribution in [1.82, 2.24) is 14.8 Å². The van der Waals surface area contributed by atoms with E-state index in [1.165, 1.54) is 4.68 Å². The van der Waals surface area contributed by atoms with Gasteiger partial charge in [-0.2, -0.15) is 9.78 Å². The Labute approximate surface area is 107 Å². The van der Waals surface area contributed by atoms with E-state index in [2.05, 4.69) is 26.0 Å². The van der Waals surface area contributed by atoms with E-state index in [4.69, 9.17) is 4.74 Å². The third-order valence-corrected chi connectivity index (χ3v) is 2.65. The molecule has 0 N–H and O–H groups in total. The predicted molar refractivity (Wildman–Crippen MR) is 66.9 cm³/mol. The number of rotatable bonds is 0. The number of ether oxygens (including phenoxy) is 1. The highest BCUT2D eigenvalue weighted by atomic mass is 79.9. The smallest absolute Gasteiger partial charge is 0.435 e. The van der Waals surface area contributed by atoms with Crippen LogP contribution >= 0.6 is 15.9 Å². The molecule has 0 bridgehead atoms. The van der Waals surface area contributed by atoms with Crippen molar-refractivity contribution < 1.29 is 9.53 Å². The minimum atomic E-state index is -0.547. The summed E-state index contributed by atoms with van der Waals surface area (Å²) in [6.07, 6.45) is 4.33. The van der Waals surface area contributed by atoms with Crippen LogP contribution in [0.15, 0.2) is 23.1 Å². The molecule has 2 rings (SSSR count). The fourth-order valence-corrected chi connectivity index (χ4v) is 1.78. The second kappa shape index (κ2) is 4.10. The predicted octanol–water partition coefficient (Wildman–Crippen LogP) is 2.98. The third-order valence-electron chi connectivity index (χ3n) is 2.01. The molecule has 0 aliphatic heterocycles. The van der Waals surface area contributed by atoms with Crippen LogP contribution in [0.5, 0.6) is 0 Å². The van der Waals surface area contributed by atoms with Crippen molar-refractivity contribution in [2.45, 2.75) is 26.4 Å². The number of carbonyl (C=O) groups excluding carboxylic acids is 1. The molecule has 0 fully saturated rings. The van der Waals surface area contributed by atoms with E-state index in [1.54, 1.807) is 18.6 Å². The summed E-state index contributed by atoms with van der Waals surface area (Å²) in [5.74, 6) is 0. The Bertz CT molecular complexity index is 572. The van der Waals surface area contributed by atoms with Gasteiger partial charge in [0.25, 0.3) is 0 Å². The van der Waals surface area contributed by atoms with E-state index in [9.17, 15) is 4.79 Å². The molecule has 0 amide bonds. The summed E-state index contributed by atoms with van der Waals surface area (Å²) >= 11 is 3.35. The van der Waals surface area contributed by atoms with E-state index >= 15 is 0 Å². The lowest BCUT2D eigenvalue weighted by Gasteiger charge is -2.19. The van der Waals surface area contributed by atoms with Gasteiger partial charge in [0, 0.05) is 16.1 Å². The zero-order valence-corrected chi connectivity index (χ0v) is 11.4. The second-order valence-electron chi connectivity index (χ2n) is 4.59. The molecule has 90 valence electrons. The average molecular weight is 298 g/mol. The zero-order valence-electron chi connectivity index (χ0n) is 9.77. The standard InChI is InChI=1S/C11H12BrN3O2/c1-11(2,3)17-10(16)15-9-6-13-5-8(12)7(9)4-14-15/h4-6H,1-3H3. The largest absolute Gasteiger partial charge is 0.442 e. The molecule has 0 saturated carbocycles. The molecular weight excluding hydrogens is 286 g/mol. The maximum absolute atomic E-state index is 11.9. The topological polar surface area (TPSA) is 57.0 Å². The third kappa shape index (κ3) is 2.46. The molecule has 17 heavy (non-hydrogen) atoms. The molecule has 0 radical (unpaired) electrons. The highest BCUT2D eigenvalue weighted by Crippen LogP contribution is 2.22. The maximum Gasteiger partial charge on any atom is 0.435 e. The van der Waals surface area contributed by atoms with Gasteiger partial charge in [0.15, 0.2) is 0 Å². The minimum Gasteiger partial charge on any atom is -0.442 e. The van der Waals surface area contributed by atoms with Gasteiger partial charge in [-0.3, -0.25) is 4.98 Å². The molecule has 2 heterocycles. The Morgan fingerprint density at radius 1 is 1.35 bits per heavy atom. The molecule has 6 heteroatoms. The van der Waals surface area contributed by atoms with Crippen molar-refractivity contribution >= 4 is 32.9 Å². The fraction of sp³-hybridized carbons (Fsp3) is 0.364. The maximum atomic E-state index is 11.9. The van der Waals surface area contributed by atoms with Crippen LogP contribution in [0.3, 0.4) is 0 Å². The molecule has 2 aromatic heterocycles. The molecule has 0 atom stereocenters. The van der Waals surface area contributed by atoms with Crippen LogP contribution < -0.4 is 0 Å². The van der Waals surface area contributed by atoms with E-state index in [-0.39, 0.29) is 0 Å². The summed E-state index contributed by atoms with van der Waals surface area (Å²) in [6.45, 7) is 5.43. The van der Waals surface area contributed by atoms with Crippen molar-refractivity contribution in [3.05, 3.63) is 23.1 Å². The van der Waals surface area contributed by atoms with Gasteiger partial charge in [-0.25, -0.2) is 4.79 Å². The van der Waals surface area contributed by atoms with Crippen molar-refractivity contribution in [3.63, 3.8) is 0 Å². The van der Waals surface area contributed by atoms with Gasteiger partial charge in [-0.05, 0) is 36.7 Å². The van der Waals surface area contributed by atoms with Crippen molar-refractivity contribution in [2.24, 2.45) is 0 Å². The molecule has 0 aromatic carbocycles. The summed E-state index contributed by atoms with van der Waals surface area (Å²) in [4.78, 5) is 15.9. The van der Waals surface area contributed by atoms with Gasteiger partial charge >= 0.3 is 6.09 Å². The van der Waals surface area contributed by atoms with E-state index in [0.29, 0.717) is 5.52 Å². The summed E-state index contributed by atoms with van der Waals surface area (Å²) in [6, 6.07) is 0. The Morgan fingerprint density at radius 3 is 2.71 bits per heavy atom. The van der Waals surface area contributed by atoms with Crippen molar-refractivity contribution in [3.8, 4) is 0 Å². The second-order valence-corrected chi connectivity index (χ2v) is 5.45. The van der Waals surface area contributed by atoms with Crippen LogP contribution in [0.25, 0.3) is 10.9 Å². The number of fused-ring (bicyclic) bond motifs is 1. The monoisotopic (exact) mass is 297 g/mol. The Kier molecular flexibility index (Phi) is 2.91. The Morgan fingerprint density at radius 2 is 2.06 bits per heavy atom. The first-order chi connectivity index (χ1) is 7.88. The van der Waals surface area contributed by atoms with E-state index in [0.717, 1.165) is 9.86 Å². The van der Waals surface area contributed by atoms with Crippen LogP contribution in [0, 0.1) is 0 Å². The van der Waals surface area contributed by atoms with E-state index in [1.807, 2.05) is 20.8 Å². The number of carbonyl (C=O) groups is 1. The van der Waals surface area contributed by atoms with Crippen LogP contribution in [0.1, 0.15) is 20.8 Å². The first kappa shape index (κ1) is 12.0. The van der Waals surface area contributed by atoms with Gasteiger partial charge in [-0.15, -0.1) is 0 Å². The first-order valence-corrected chi connectivity index (χ1v) is 5.88. The lowest BCUT2D eigenvalue weighted by molar-refractivity contribution is 0.0522. The van der Waals surface area contributed by atoms with Crippen molar-refractivity contribution in [2.75, 3.05) is 0 Å². The minimum absolute atomic E-state index is 0.507. The first-order valence-electron chi connectivity index (χ1n) is 5.09. The number of hydrogen-bond acceptors (Lipinski definition) is 4. The normalized spacial score (nSPS) is 11.8. The molecule has 0 spiro atoms. The number of halogens is 1. The number of pyridine rings is 1. The molecule has 2 aromatic rings. The van der Waals surface area contributed by atoms with Gasteiger partial charge in [0.05, 0.1) is 12.4 Å². The molecular formula is C11H12BrN3O2. The van der Waals surface area contributed by atoms with Crippen LogP contribution in [-0.2, 0) is 4.74 Å². The van der Waals surface area contributed by atoms with Gasteiger partial charge in [-0.1, -0.05) is 0 Å². The lowest BCUT2D eigenvalue weighted by atomic mass is 10.2. The molecule has 0 aliphatic rings. The number of hydrogen-bond donors (Lipinski definition) is 0. The van der Waals surface area contributed by atoms with Crippen LogP contribution in [-0.4, -0.2) is 26.5 Å². The Hall–Kier alpha value is -1.43. The van der Waals surface area contributed by atoms with E-state index < -0.39 is 11.7 Å². The van der Waals surface area contributed by atoms with Crippen LogP contribution in [0.4, 0.5) is 4.79 Å². The molecule has 0 unspecified atom stereocenters. The number of aromatic nitrogens is 3. The van der Waals surface area contributed by atoms with Gasteiger partial charge < -0.3 is 4.74 Å². The number of nitrogens with zero attached hydrogens (tertiary/aromatic N) is 3. The summed E-state index contributed by atoms with van der Waals surface area (Å²) in [5, 5.41) is 4.84. The average Bonchev–Trinajstić information content (AvgIpc) is 2.60. The summed E-state index contributed by atoms with van der Waals surface area (Å²) in [5.41, 5.74) is 0.0723. The van der Waals surface area contributed by atoms with Crippen molar-refractivity contribution in [1.29, 1.82) is 0 Å². The fourth-order valence-electron chi connectivity index (χ4n) is 1.36. The Balaban J connectivity index is 2.43. The molecule has 5 nitrogen and oxygen atoms in total. The summed E-state index contributed by atoms with van der Waals surface area (Å²) in [7, 11) is 0. The molecule has 0 aliphatic carbocycles. The van der Waals surface area contributed by atoms with Gasteiger partial charge in [0.2, 0.25) is 0 Å². The lowest BCUT2D eigenvalue weighted by Crippen LogP contribution is -2.27. The quantitative estimate of drug-likeness (QED) is 0.750. The van der Waals surface area contributed by atoms with Gasteiger partial charge in [0.1, 0.15) is 11.1 Å². The summed E-state index contributed by atoms with van der Waals surface area (Å²) < 4.78 is 7.25. The highest BCUT2D eigenvalue weighted by Gasteiger charge is 2.20. The zero-order chi connectivity index (χ0) is 12.6. The van der Waals surface area contributed by atoms with Crippen LogP contribution in [0.2, 0.25) is 0 Å².